The zero-order valence-electron chi connectivity index (χ0n) is 9.31. The first-order chi connectivity index (χ1) is 6.35. The Hall–Kier alpha value is -0.300. The van der Waals surface area contributed by atoms with Crippen LogP contribution in [0.15, 0.2) is 12.7 Å². The minimum Gasteiger partial charge on any atom is -0.311 e. The molecule has 1 nitrogen and oxygen atoms in total. The number of nitrogens with one attached hydrogen (secondary N) is 1. The topological polar surface area (TPSA) is 12.0 Å². The molecule has 0 saturated heterocycles. The Morgan fingerprint density at radius 1 is 1.15 bits per heavy atom. The molecule has 0 fully saturated rings. The molecule has 0 rings (SSSR count). The molecule has 0 aliphatic rings. The minimum atomic E-state index is 0.539. The van der Waals surface area contributed by atoms with Gasteiger partial charge in [-0.1, -0.05) is 45.6 Å². The molecule has 0 spiro atoms. The van der Waals surface area contributed by atoms with Crippen molar-refractivity contribution >= 4 is 0 Å². The molecule has 1 atom stereocenters. The Labute approximate surface area is 83.6 Å². The van der Waals surface area contributed by atoms with Crippen molar-refractivity contribution in [3.05, 3.63) is 12.7 Å². The third kappa shape index (κ3) is 8.04. The highest BCUT2D eigenvalue weighted by molar-refractivity contribution is 4.84. The smallest absolute Gasteiger partial charge is 0.0247 e. The van der Waals surface area contributed by atoms with Gasteiger partial charge in [0.05, 0.1) is 0 Å². The van der Waals surface area contributed by atoms with Gasteiger partial charge in [-0.05, 0) is 19.4 Å². The zero-order chi connectivity index (χ0) is 9.94. The average molecular weight is 183 g/mol. The third-order valence-electron chi connectivity index (χ3n) is 2.31. The zero-order valence-corrected chi connectivity index (χ0v) is 9.31. The van der Waals surface area contributed by atoms with E-state index in [9.17, 15) is 0 Å². The molecular formula is C12H25N. The van der Waals surface area contributed by atoms with E-state index in [4.69, 9.17) is 0 Å². The van der Waals surface area contributed by atoms with E-state index in [1.807, 2.05) is 6.08 Å². The lowest BCUT2D eigenvalue weighted by atomic mass is 10.1. The molecular weight excluding hydrogens is 158 g/mol. The highest BCUT2D eigenvalue weighted by Gasteiger charge is 2.00. The molecule has 0 aromatic carbocycles. The van der Waals surface area contributed by atoms with Crippen LogP contribution in [0.1, 0.15) is 52.4 Å². The van der Waals surface area contributed by atoms with Gasteiger partial charge in [-0.3, -0.25) is 0 Å². The Bertz CT molecular complexity index is 110. The Morgan fingerprint density at radius 2 is 1.92 bits per heavy atom. The molecule has 0 amide bonds. The predicted octanol–water partition coefficient (Wildman–Crippen LogP) is 3.51. The highest BCUT2D eigenvalue weighted by atomic mass is 14.9. The average Bonchev–Trinajstić information content (AvgIpc) is 2.17. The van der Waals surface area contributed by atoms with Crippen LogP contribution in [0.4, 0.5) is 0 Å². The lowest BCUT2D eigenvalue weighted by Crippen LogP contribution is -2.27. The van der Waals surface area contributed by atoms with Crippen molar-refractivity contribution in [2.45, 2.75) is 58.4 Å². The predicted molar refractivity (Wildman–Crippen MR) is 61.0 cm³/mol. The summed E-state index contributed by atoms with van der Waals surface area (Å²) >= 11 is 0. The van der Waals surface area contributed by atoms with E-state index in [-0.39, 0.29) is 0 Å². The van der Waals surface area contributed by atoms with Crippen LogP contribution < -0.4 is 5.32 Å². The number of unbranched alkanes of at least 4 members (excludes halogenated alkanes) is 3. The summed E-state index contributed by atoms with van der Waals surface area (Å²) < 4.78 is 0. The first-order valence-electron chi connectivity index (χ1n) is 5.71. The molecule has 0 aliphatic heterocycles. The second-order valence-corrected chi connectivity index (χ2v) is 3.65. The van der Waals surface area contributed by atoms with Gasteiger partial charge in [-0.25, -0.2) is 0 Å². The largest absolute Gasteiger partial charge is 0.311 e. The van der Waals surface area contributed by atoms with E-state index in [0.29, 0.717) is 6.04 Å². The van der Waals surface area contributed by atoms with Crippen molar-refractivity contribution in [3.63, 3.8) is 0 Å². The first-order valence-corrected chi connectivity index (χ1v) is 5.71. The summed E-state index contributed by atoms with van der Waals surface area (Å²) in [6.45, 7) is 9.41. The molecule has 1 N–H and O–H groups in total. The van der Waals surface area contributed by atoms with E-state index in [2.05, 4.69) is 25.7 Å². The standard InChI is InChI=1S/C12H25N/c1-4-7-8-9-10-12(6-3)13-11-5-2/h6,12-13H,3-5,7-11H2,1-2H3. The molecule has 0 radical (unpaired) electrons. The van der Waals surface area contributed by atoms with Crippen LogP contribution in [0.2, 0.25) is 0 Å². The number of hydrogen-bond acceptors (Lipinski definition) is 1. The van der Waals surface area contributed by atoms with Crippen LogP contribution in [-0.2, 0) is 0 Å². The lowest BCUT2D eigenvalue weighted by Gasteiger charge is -2.13. The third-order valence-corrected chi connectivity index (χ3v) is 2.31. The quantitative estimate of drug-likeness (QED) is 0.426. The second kappa shape index (κ2) is 9.79. The highest BCUT2D eigenvalue weighted by Crippen LogP contribution is 2.05. The van der Waals surface area contributed by atoms with Gasteiger partial charge in [0.15, 0.2) is 0 Å². The summed E-state index contributed by atoms with van der Waals surface area (Å²) in [4.78, 5) is 0. The van der Waals surface area contributed by atoms with Gasteiger partial charge in [0.1, 0.15) is 0 Å². The number of hydrogen-bond donors (Lipinski definition) is 1. The van der Waals surface area contributed by atoms with Gasteiger partial charge in [0.2, 0.25) is 0 Å². The van der Waals surface area contributed by atoms with Crippen molar-refractivity contribution in [1.29, 1.82) is 0 Å². The summed E-state index contributed by atoms with van der Waals surface area (Å²) in [5.41, 5.74) is 0. The summed E-state index contributed by atoms with van der Waals surface area (Å²) in [5.74, 6) is 0. The molecule has 0 heterocycles. The lowest BCUT2D eigenvalue weighted by molar-refractivity contribution is 0.516. The maximum Gasteiger partial charge on any atom is 0.0247 e. The van der Waals surface area contributed by atoms with E-state index >= 15 is 0 Å². The molecule has 0 aliphatic carbocycles. The molecule has 1 heteroatoms. The first kappa shape index (κ1) is 12.7. The summed E-state index contributed by atoms with van der Waals surface area (Å²) in [7, 11) is 0. The van der Waals surface area contributed by atoms with E-state index in [0.717, 1.165) is 6.54 Å². The van der Waals surface area contributed by atoms with Gasteiger partial charge in [0, 0.05) is 6.04 Å². The Balaban J connectivity index is 3.31. The van der Waals surface area contributed by atoms with Crippen molar-refractivity contribution in [3.8, 4) is 0 Å². The fourth-order valence-electron chi connectivity index (χ4n) is 1.42. The molecule has 0 aromatic heterocycles. The fourth-order valence-corrected chi connectivity index (χ4v) is 1.42. The number of rotatable bonds is 9. The van der Waals surface area contributed by atoms with E-state index in [1.165, 1.54) is 38.5 Å². The van der Waals surface area contributed by atoms with Gasteiger partial charge in [0.25, 0.3) is 0 Å². The Morgan fingerprint density at radius 3 is 2.46 bits per heavy atom. The van der Waals surface area contributed by atoms with E-state index in [1.54, 1.807) is 0 Å². The molecule has 13 heavy (non-hydrogen) atoms. The summed E-state index contributed by atoms with van der Waals surface area (Å²) in [6.07, 6.45) is 9.90. The minimum absolute atomic E-state index is 0.539. The molecule has 78 valence electrons. The van der Waals surface area contributed by atoms with Crippen LogP contribution in [0, 0.1) is 0 Å². The fraction of sp³-hybridized carbons (Fsp3) is 0.833. The second-order valence-electron chi connectivity index (χ2n) is 3.65. The molecule has 0 saturated carbocycles. The van der Waals surface area contributed by atoms with Gasteiger partial charge >= 0.3 is 0 Å². The van der Waals surface area contributed by atoms with Crippen LogP contribution in [0.3, 0.4) is 0 Å². The van der Waals surface area contributed by atoms with Crippen LogP contribution in [0.25, 0.3) is 0 Å². The van der Waals surface area contributed by atoms with Gasteiger partial charge < -0.3 is 5.32 Å². The summed E-state index contributed by atoms with van der Waals surface area (Å²) in [6, 6.07) is 0.539. The van der Waals surface area contributed by atoms with Crippen LogP contribution >= 0.6 is 0 Å². The Kier molecular flexibility index (Phi) is 9.56. The van der Waals surface area contributed by atoms with Gasteiger partial charge in [-0.15, -0.1) is 6.58 Å². The monoisotopic (exact) mass is 183 g/mol. The van der Waals surface area contributed by atoms with Gasteiger partial charge in [-0.2, -0.15) is 0 Å². The summed E-state index contributed by atoms with van der Waals surface area (Å²) in [5, 5.41) is 3.48. The molecule has 1 unspecified atom stereocenters. The van der Waals surface area contributed by atoms with Crippen molar-refractivity contribution in [2.75, 3.05) is 6.54 Å². The van der Waals surface area contributed by atoms with Crippen LogP contribution in [-0.4, -0.2) is 12.6 Å². The molecule has 0 bridgehead atoms. The maximum absolute atomic E-state index is 3.85. The normalized spacial score (nSPS) is 12.8. The maximum atomic E-state index is 3.85. The van der Waals surface area contributed by atoms with Crippen molar-refractivity contribution < 1.29 is 0 Å². The van der Waals surface area contributed by atoms with Crippen LogP contribution in [0.5, 0.6) is 0 Å². The SMILES string of the molecule is C=CC(CCCCCC)NCCC. The van der Waals surface area contributed by atoms with Crippen molar-refractivity contribution in [1.82, 2.24) is 5.32 Å². The molecule has 0 aromatic rings. The van der Waals surface area contributed by atoms with E-state index < -0.39 is 0 Å². The van der Waals surface area contributed by atoms with Crippen molar-refractivity contribution in [2.24, 2.45) is 0 Å².